The molecule has 2 N–H and O–H groups in total. The predicted molar refractivity (Wildman–Crippen MR) is 278 cm³/mol. The molecule has 5 aromatic heterocycles. The van der Waals surface area contributed by atoms with E-state index in [-0.39, 0.29) is 0 Å². The SMILES string of the molecule is CCN(CC)c1ccc(N=Nc2snc3scc(OC)c23)c(Nc2nc(Nc3cc(N(CC)CC)ccc3N=Nc3snc4scc(OC)c34)nc(SCc3ccccc3)n2)c1.O=S(=O)=O.O=S(=O)=O. The van der Waals surface area contributed by atoms with Crippen LogP contribution in [0.4, 0.5) is 56.0 Å². The zero-order valence-electron chi connectivity index (χ0n) is 38.1. The molecule has 0 amide bonds. The molecule has 0 radical (unpaired) electrons. The van der Waals surface area contributed by atoms with Gasteiger partial charge in [0.05, 0.1) is 36.4 Å². The highest BCUT2D eigenvalue weighted by Gasteiger charge is 2.18. The van der Waals surface area contributed by atoms with Crippen molar-refractivity contribution < 1.29 is 34.7 Å². The molecule has 0 atom stereocenters. The van der Waals surface area contributed by atoms with Gasteiger partial charge in [-0.2, -0.15) is 23.7 Å². The Labute approximate surface area is 425 Å². The van der Waals surface area contributed by atoms with Crippen LogP contribution in [0.3, 0.4) is 0 Å². The number of methoxy groups -OCH3 is 2. The van der Waals surface area contributed by atoms with Crippen LogP contribution in [0.1, 0.15) is 33.3 Å². The first-order valence-electron chi connectivity index (χ1n) is 20.8. The zero-order valence-corrected chi connectivity index (χ0v) is 43.8. The highest BCUT2D eigenvalue weighted by molar-refractivity contribution is 7.98. The van der Waals surface area contributed by atoms with Gasteiger partial charge in [0.15, 0.2) is 15.2 Å². The first-order chi connectivity index (χ1) is 33.9. The Bertz CT molecular complexity index is 3120. The Kier molecular flexibility index (Phi) is 19.5. The van der Waals surface area contributed by atoms with Gasteiger partial charge < -0.3 is 29.9 Å². The molecule has 0 saturated heterocycles. The van der Waals surface area contributed by atoms with E-state index in [2.05, 4.69) is 79.2 Å². The Morgan fingerprint density at radius 2 is 1.03 bits per heavy atom. The van der Waals surface area contributed by atoms with E-state index in [1.807, 2.05) is 65.4 Å². The number of ether oxygens (including phenoxy) is 2. The average molecular weight is 1080 g/mol. The molecular formula is C42H43N13O8S7. The highest BCUT2D eigenvalue weighted by atomic mass is 32.2. The lowest BCUT2D eigenvalue weighted by molar-refractivity contribution is 0.421. The lowest BCUT2D eigenvalue weighted by Crippen LogP contribution is -2.21. The second-order valence-electron chi connectivity index (χ2n) is 13.8. The monoisotopic (exact) mass is 1080 g/mol. The van der Waals surface area contributed by atoms with Crippen molar-refractivity contribution in [1.29, 1.82) is 0 Å². The number of anilines is 6. The highest BCUT2D eigenvalue weighted by Crippen LogP contribution is 2.44. The van der Waals surface area contributed by atoms with Crippen molar-refractivity contribution in [1.82, 2.24) is 23.7 Å². The number of hydrogen-bond acceptors (Lipinski definition) is 26. The van der Waals surface area contributed by atoms with Crippen LogP contribution in [0, 0.1) is 0 Å². The molecule has 3 aromatic carbocycles. The van der Waals surface area contributed by atoms with E-state index in [0.717, 1.165) is 75.0 Å². The molecule has 21 nitrogen and oxygen atoms in total. The molecule has 0 saturated carbocycles. The molecule has 0 aliphatic heterocycles. The summed E-state index contributed by atoms with van der Waals surface area (Å²) < 4.78 is 71.0. The fourth-order valence-electron chi connectivity index (χ4n) is 6.58. The van der Waals surface area contributed by atoms with Crippen molar-refractivity contribution in [3.63, 3.8) is 0 Å². The molecule has 0 unspecified atom stereocenters. The average Bonchev–Trinajstić information content (AvgIpc) is 4.15. The molecule has 0 aliphatic carbocycles. The fourth-order valence-corrected chi connectivity index (χ4v) is 10.8. The quantitative estimate of drug-likeness (QED) is 0.0563. The van der Waals surface area contributed by atoms with Crippen molar-refractivity contribution in [2.75, 3.05) is 60.8 Å². The minimum absolute atomic E-state index is 0.325. The Balaban J connectivity index is 0.000000934. The smallest absolute Gasteiger partial charge is 0.425 e. The van der Waals surface area contributed by atoms with Gasteiger partial charge in [-0.05, 0) is 92.7 Å². The van der Waals surface area contributed by atoms with Gasteiger partial charge in [0.2, 0.25) is 11.9 Å². The van der Waals surface area contributed by atoms with Crippen LogP contribution in [-0.4, -0.2) is 89.4 Å². The van der Waals surface area contributed by atoms with Gasteiger partial charge in [0.1, 0.15) is 32.5 Å². The molecule has 0 aliphatic rings. The zero-order chi connectivity index (χ0) is 50.2. The lowest BCUT2D eigenvalue weighted by Gasteiger charge is -2.22. The summed E-state index contributed by atoms with van der Waals surface area (Å²) in [6.07, 6.45) is 0. The minimum atomic E-state index is -3.11. The van der Waals surface area contributed by atoms with E-state index in [1.54, 1.807) is 14.2 Å². The Hall–Kier alpha value is -6.56. The molecular weight excluding hydrogens is 1040 g/mol. The van der Waals surface area contributed by atoms with Crippen LogP contribution in [0.2, 0.25) is 0 Å². The topological polar surface area (TPSA) is 265 Å². The summed E-state index contributed by atoms with van der Waals surface area (Å²) in [5, 5.41) is 33.3. The first-order valence-corrected chi connectivity index (χ1v) is 27.1. The number of nitrogens with one attached hydrogen (secondary N) is 2. The third-order valence-electron chi connectivity index (χ3n) is 9.81. The van der Waals surface area contributed by atoms with Crippen molar-refractivity contribution >= 4 is 155 Å². The fraction of sp³-hybridized carbons (Fsp3) is 0.262. The summed E-state index contributed by atoms with van der Waals surface area (Å²) in [5.41, 5.74) is 5.71. The number of aromatic nitrogens is 5. The van der Waals surface area contributed by atoms with Crippen molar-refractivity contribution in [3.8, 4) is 11.5 Å². The molecule has 0 bridgehead atoms. The molecule has 0 fully saturated rings. The summed E-state index contributed by atoms with van der Waals surface area (Å²) in [5.74, 6) is 2.76. The molecule has 8 rings (SSSR count). The van der Waals surface area contributed by atoms with Crippen LogP contribution < -0.4 is 29.9 Å². The van der Waals surface area contributed by atoms with Crippen LogP contribution in [0.5, 0.6) is 11.5 Å². The van der Waals surface area contributed by atoms with Gasteiger partial charge in [0, 0.05) is 54.1 Å². The number of fused-ring (bicyclic) bond motifs is 2. The number of thiophene rings is 2. The normalized spacial score (nSPS) is 11.0. The van der Waals surface area contributed by atoms with E-state index >= 15 is 0 Å². The van der Waals surface area contributed by atoms with Gasteiger partial charge in [-0.15, -0.1) is 68.4 Å². The van der Waals surface area contributed by atoms with Crippen molar-refractivity contribution in [2.24, 2.45) is 20.5 Å². The second kappa shape index (κ2) is 25.9. The summed E-state index contributed by atoms with van der Waals surface area (Å²) in [4.78, 5) is 21.1. The number of benzene rings is 3. The van der Waals surface area contributed by atoms with Gasteiger partial charge in [-0.1, -0.05) is 42.1 Å². The first kappa shape index (κ1) is 52.8. The summed E-state index contributed by atoms with van der Waals surface area (Å²) in [6, 6.07) is 22.3. The minimum Gasteiger partial charge on any atom is -0.495 e. The van der Waals surface area contributed by atoms with Gasteiger partial charge in [-0.3, -0.25) is 0 Å². The molecule has 5 heterocycles. The summed E-state index contributed by atoms with van der Waals surface area (Å²) in [7, 11) is -2.93. The van der Waals surface area contributed by atoms with Crippen LogP contribution in [0.15, 0.2) is 103 Å². The van der Waals surface area contributed by atoms with E-state index in [4.69, 9.17) is 59.9 Å². The van der Waals surface area contributed by atoms with E-state index in [0.29, 0.717) is 55.6 Å². The third-order valence-corrected chi connectivity index (χ3v) is 14.1. The van der Waals surface area contributed by atoms with Gasteiger partial charge >= 0.3 is 21.2 Å². The van der Waals surface area contributed by atoms with E-state index in [1.165, 1.54) is 57.5 Å². The van der Waals surface area contributed by atoms with Crippen molar-refractivity contribution in [2.45, 2.75) is 38.6 Å². The number of azo groups is 2. The molecule has 366 valence electrons. The van der Waals surface area contributed by atoms with Crippen LogP contribution >= 0.6 is 57.5 Å². The summed E-state index contributed by atoms with van der Waals surface area (Å²) in [6.45, 7) is 11.8. The predicted octanol–water partition coefficient (Wildman–Crippen LogP) is 11.5. The largest absolute Gasteiger partial charge is 0.495 e. The molecule has 0 spiro atoms. The molecule has 70 heavy (non-hydrogen) atoms. The standard InChI is InChI=1S/C42H43N13O2S5.2O3S/c1-7-54(8-2)26-16-18-28(48-50-36-34-32(56-5)23-58-38(34)52-61-36)30(20-26)43-40-45-41(47-42(46-40)60-22-25-14-12-11-13-15-25)44-31-21-27(55(9-3)10-4)17-19-29(31)49-51-37-35-33(57-6)24-59-39(35)53-62-37;2*1-4(2)3/h11-21,23-24H,7-10,22H2,1-6H3,(H2,43,44,45,46,47);;. The number of hydrogen-bond donors (Lipinski definition) is 2. The van der Waals surface area contributed by atoms with Gasteiger partial charge in [0.25, 0.3) is 0 Å². The number of nitrogens with zero attached hydrogens (tertiary/aromatic N) is 11. The van der Waals surface area contributed by atoms with Crippen LogP contribution in [0.25, 0.3) is 20.4 Å². The molecule has 8 aromatic rings. The number of rotatable bonds is 19. The maximum atomic E-state index is 8.44. The van der Waals surface area contributed by atoms with Gasteiger partial charge in [-0.25, -0.2) is 0 Å². The second-order valence-corrected chi connectivity index (χ2v) is 18.8. The summed E-state index contributed by atoms with van der Waals surface area (Å²) >= 11 is 7.12. The molecule has 28 heteroatoms. The Morgan fingerprint density at radius 3 is 1.43 bits per heavy atom. The van der Waals surface area contributed by atoms with Crippen molar-refractivity contribution in [3.05, 3.63) is 83.1 Å². The van der Waals surface area contributed by atoms with Crippen LogP contribution in [-0.2, 0) is 27.0 Å². The lowest BCUT2D eigenvalue weighted by atomic mass is 10.2. The van der Waals surface area contributed by atoms with E-state index in [9.17, 15) is 0 Å². The third kappa shape index (κ3) is 14.0. The maximum absolute atomic E-state index is 8.44. The van der Waals surface area contributed by atoms with E-state index < -0.39 is 21.2 Å². The Morgan fingerprint density at radius 1 is 0.600 bits per heavy atom. The number of thioether (sulfide) groups is 1. The maximum Gasteiger partial charge on any atom is 0.425 e.